The number of benzene rings is 2. The number of anilines is 1. The number of hydrogen-bond acceptors (Lipinski definition) is 8. The molecule has 0 N–H and O–H groups in total. The maximum absolute atomic E-state index is 13.1. The Morgan fingerprint density at radius 1 is 1.13 bits per heavy atom. The van der Waals surface area contributed by atoms with Crippen LogP contribution in [0.4, 0.5) is 18.3 Å². The maximum atomic E-state index is 13.1. The SMILES string of the molecule is CC(C)(c1ccccc1)N1CCC(Oc2ccc(S(=O)(=O)N(OC(=O)C(F)(F)F)c3nccs3)cc2Cl)CC1. The van der Waals surface area contributed by atoms with Crippen molar-refractivity contribution in [1.29, 1.82) is 0 Å². The third-order valence-electron chi connectivity index (χ3n) is 6.40. The van der Waals surface area contributed by atoms with Gasteiger partial charge in [0.1, 0.15) is 11.9 Å². The van der Waals surface area contributed by atoms with E-state index in [1.165, 1.54) is 17.0 Å². The second kappa shape index (κ2) is 11.3. The molecular formula is C25H25ClF3N3O5S2. The molecule has 4 rings (SSSR count). The van der Waals surface area contributed by atoms with Gasteiger partial charge in [-0.3, -0.25) is 4.90 Å². The summed E-state index contributed by atoms with van der Waals surface area (Å²) in [4.78, 5) is 21.1. The van der Waals surface area contributed by atoms with Crippen LogP contribution >= 0.6 is 22.9 Å². The highest BCUT2D eigenvalue weighted by atomic mass is 35.5. The summed E-state index contributed by atoms with van der Waals surface area (Å²) >= 11 is 6.99. The van der Waals surface area contributed by atoms with Gasteiger partial charge in [0.15, 0.2) is 0 Å². The summed E-state index contributed by atoms with van der Waals surface area (Å²) in [7, 11) is -4.81. The van der Waals surface area contributed by atoms with E-state index < -0.39 is 32.2 Å². The van der Waals surface area contributed by atoms with Crippen molar-refractivity contribution >= 4 is 44.1 Å². The van der Waals surface area contributed by atoms with E-state index in [1.807, 2.05) is 18.2 Å². The number of ether oxygens (including phenoxy) is 1. The zero-order valence-corrected chi connectivity index (χ0v) is 23.3. The van der Waals surface area contributed by atoms with E-state index in [0.717, 1.165) is 31.4 Å². The minimum absolute atomic E-state index is 0.0654. The maximum Gasteiger partial charge on any atom is 0.493 e. The van der Waals surface area contributed by atoms with Crippen LogP contribution in [0.2, 0.25) is 5.02 Å². The van der Waals surface area contributed by atoms with Crippen LogP contribution in [-0.2, 0) is 25.2 Å². The molecule has 0 aliphatic carbocycles. The Labute approximate surface area is 232 Å². The molecule has 1 fully saturated rings. The van der Waals surface area contributed by atoms with Crippen LogP contribution in [0.15, 0.2) is 65.0 Å². The molecule has 0 saturated carbocycles. The molecule has 0 bridgehead atoms. The Kier molecular flexibility index (Phi) is 8.45. The zero-order valence-electron chi connectivity index (χ0n) is 20.9. The molecule has 1 aromatic heterocycles. The molecule has 1 saturated heterocycles. The Hall–Kier alpha value is -2.87. The Morgan fingerprint density at radius 3 is 2.36 bits per heavy atom. The lowest BCUT2D eigenvalue weighted by Gasteiger charge is -2.43. The Morgan fingerprint density at radius 2 is 1.79 bits per heavy atom. The fourth-order valence-electron chi connectivity index (χ4n) is 4.20. The van der Waals surface area contributed by atoms with Crippen molar-refractivity contribution in [2.45, 2.75) is 49.4 Å². The summed E-state index contributed by atoms with van der Waals surface area (Å²) < 4.78 is 70.6. The summed E-state index contributed by atoms with van der Waals surface area (Å²) in [6.07, 6.45) is -3.03. The second-order valence-corrected chi connectivity index (χ2v) is 12.3. The summed E-state index contributed by atoms with van der Waals surface area (Å²) in [6.45, 7) is 5.87. The summed E-state index contributed by atoms with van der Waals surface area (Å²) in [5, 5.41) is 0.758. The largest absolute Gasteiger partial charge is 0.493 e. The van der Waals surface area contributed by atoms with E-state index in [0.29, 0.717) is 24.2 Å². The van der Waals surface area contributed by atoms with Gasteiger partial charge in [-0.1, -0.05) is 46.4 Å². The van der Waals surface area contributed by atoms with E-state index in [2.05, 4.69) is 40.7 Å². The molecule has 0 spiro atoms. The lowest BCUT2D eigenvalue weighted by Crippen LogP contribution is -2.48. The van der Waals surface area contributed by atoms with E-state index in [1.54, 1.807) is 0 Å². The number of sulfonamides is 1. The number of alkyl halides is 3. The number of thiazole rings is 1. The first kappa shape index (κ1) is 29.1. The van der Waals surface area contributed by atoms with Crippen LogP contribution < -0.4 is 9.21 Å². The summed E-state index contributed by atoms with van der Waals surface area (Å²) in [6, 6.07) is 13.7. The zero-order chi connectivity index (χ0) is 28.4. The van der Waals surface area contributed by atoms with Gasteiger partial charge >= 0.3 is 12.1 Å². The van der Waals surface area contributed by atoms with Crippen molar-refractivity contribution < 1.29 is 36.0 Å². The van der Waals surface area contributed by atoms with E-state index in [9.17, 15) is 26.4 Å². The average Bonchev–Trinajstić information content (AvgIpc) is 3.43. The van der Waals surface area contributed by atoms with Gasteiger partial charge in [0.25, 0.3) is 10.0 Å². The molecule has 14 heteroatoms. The molecule has 2 heterocycles. The van der Waals surface area contributed by atoms with Crippen molar-refractivity contribution in [3.8, 4) is 5.75 Å². The standard InChI is InChI=1S/C25H25ClF3N3O5S2/c1-24(2,17-6-4-3-5-7-17)31-13-10-18(11-14-31)36-21-9-8-19(16-20(21)26)39(34,35)32(23-30-12-15-38-23)37-22(33)25(27,28)29/h3-9,12,15-16,18H,10-11,13-14H2,1-2H3. The number of piperidine rings is 1. The Bertz CT molecular complexity index is 1400. The summed E-state index contributed by atoms with van der Waals surface area (Å²) in [5.41, 5.74) is 1.04. The molecule has 0 atom stereocenters. The molecule has 3 aromatic rings. The van der Waals surface area contributed by atoms with E-state index in [4.69, 9.17) is 16.3 Å². The van der Waals surface area contributed by atoms with Gasteiger partial charge in [0.2, 0.25) is 5.13 Å². The van der Waals surface area contributed by atoms with Gasteiger partial charge in [0.05, 0.1) is 9.92 Å². The predicted octanol–water partition coefficient (Wildman–Crippen LogP) is 5.79. The van der Waals surface area contributed by atoms with Gasteiger partial charge in [-0.05, 0) is 50.5 Å². The molecular weight excluding hydrogens is 579 g/mol. The average molecular weight is 604 g/mol. The number of nitrogens with zero attached hydrogens (tertiary/aromatic N) is 3. The topological polar surface area (TPSA) is 89.0 Å². The van der Waals surface area contributed by atoms with Crippen molar-refractivity contribution in [3.63, 3.8) is 0 Å². The van der Waals surface area contributed by atoms with Gasteiger partial charge in [-0.2, -0.15) is 21.6 Å². The number of halogens is 4. The van der Waals surface area contributed by atoms with Crippen LogP contribution in [-0.4, -0.2) is 49.6 Å². The molecule has 1 aliphatic heterocycles. The minimum Gasteiger partial charge on any atom is -0.489 e. The number of aromatic nitrogens is 1. The lowest BCUT2D eigenvalue weighted by atomic mass is 9.90. The number of carbonyl (C=O) groups is 1. The third-order valence-corrected chi connectivity index (χ3v) is 9.08. The first-order chi connectivity index (χ1) is 18.3. The van der Waals surface area contributed by atoms with Crippen LogP contribution in [0.1, 0.15) is 32.3 Å². The van der Waals surface area contributed by atoms with Gasteiger partial charge in [-0.15, -0.1) is 11.3 Å². The van der Waals surface area contributed by atoms with Crippen LogP contribution in [0.25, 0.3) is 0 Å². The predicted molar refractivity (Wildman–Crippen MR) is 140 cm³/mol. The minimum atomic E-state index is -5.42. The lowest BCUT2D eigenvalue weighted by molar-refractivity contribution is -0.199. The highest BCUT2D eigenvalue weighted by Gasteiger charge is 2.45. The van der Waals surface area contributed by atoms with Crippen molar-refractivity contribution in [1.82, 2.24) is 9.88 Å². The molecule has 1 aliphatic rings. The van der Waals surface area contributed by atoms with E-state index >= 15 is 0 Å². The second-order valence-electron chi connectivity index (χ2n) is 9.24. The molecule has 0 unspecified atom stereocenters. The molecule has 39 heavy (non-hydrogen) atoms. The van der Waals surface area contributed by atoms with Crippen molar-refractivity contribution in [3.05, 3.63) is 70.7 Å². The summed E-state index contributed by atoms with van der Waals surface area (Å²) in [5.74, 6) is -2.49. The van der Waals surface area contributed by atoms with E-state index in [-0.39, 0.29) is 26.9 Å². The van der Waals surface area contributed by atoms with Crippen LogP contribution in [0.5, 0.6) is 5.75 Å². The molecule has 0 amide bonds. The molecule has 8 nitrogen and oxygen atoms in total. The van der Waals surface area contributed by atoms with Gasteiger partial charge in [0, 0.05) is 30.2 Å². The van der Waals surface area contributed by atoms with Gasteiger partial charge < -0.3 is 9.57 Å². The molecule has 0 radical (unpaired) electrons. The van der Waals surface area contributed by atoms with Crippen molar-refractivity contribution in [2.24, 2.45) is 0 Å². The number of hydrogen-bond donors (Lipinski definition) is 0. The Balaban J connectivity index is 1.46. The normalized spacial score (nSPS) is 15.6. The molecule has 2 aromatic carbocycles. The van der Waals surface area contributed by atoms with Crippen molar-refractivity contribution in [2.75, 3.05) is 17.6 Å². The number of likely N-dealkylation sites (tertiary alicyclic amines) is 1. The number of rotatable bonds is 8. The number of carbonyl (C=O) groups excluding carboxylic acids is 1. The smallest absolute Gasteiger partial charge is 0.489 e. The quantitative estimate of drug-likeness (QED) is 0.301. The first-order valence-corrected chi connectivity index (χ1v) is 14.5. The van der Waals surface area contributed by atoms with Crippen LogP contribution in [0, 0.1) is 0 Å². The fourth-order valence-corrected chi connectivity index (χ4v) is 6.52. The van der Waals surface area contributed by atoms with Crippen LogP contribution in [0.3, 0.4) is 0 Å². The van der Waals surface area contributed by atoms with Gasteiger partial charge in [-0.25, -0.2) is 9.78 Å². The first-order valence-electron chi connectivity index (χ1n) is 11.8. The molecule has 210 valence electrons. The monoisotopic (exact) mass is 603 g/mol. The highest BCUT2D eigenvalue weighted by Crippen LogP contribution is 2.35. The fraction of sp³-hybridized carbons (Fsp3) is 0.360. The highest BCUT2D eigenvalue weighted by molar-refractivity contribution is 7.92. The third kappa shape index (κ3) is 6.48.